The van der Waals surface area contributed by atoms with Gasteiger partial charge in [-0.3, -0.25) is 9.59 Å². The first-order valence-electron chi connectivity index (χ1n) is 11.8. The van der Waals surface area contributed by atoms with Crippen LogP contribution in [0.25, 0.3) is 0 Å². The van der Waals surface area contributed by atoms with Gasteiger partial charge in [0, 0.05) is 10.6 Å². The molecule has 0 fully saturated rings. The standard InChI is InChI=1S/C26H31ClIN3O6/c1-5-35-22-13-17(12-20(28)24(22)37-15-23(32)36-6-2)14-29-31-26(34)21(11-16(3)4)30-25(33)18-7-9-19(27)10-8-18/h7-10,12-14,16,21H,5-6,11,15H2,1-4H3,(H,30,33)(H,31,34)/b29-14+. The number of benzene rings is 2. The van der Waals surface area contributed by atoms with E-state index in [4.69, 9.17) is 25.8 Å². The predicted molar refractivity (Wildman–Crippen MR) is 150 cm³/mol. The van der Waals surface area contributed by atoms with E-state index in [0.29, 0.717) is 44.2 Å². The van der Waals surface area contributed by atoms with Gasteiger partial charge in [0.15, 0.2) is 18.1 Å². The summed E-state index contributed by atoms with van der Waals surface area (Å²) in [5.41, 5.74) is 3.54. The normalized spacial score (nSPS) is 11.8. The van der Waals surface area contributed by atoms with Crippen molar-refractivity contribution in [2.45, 2.75) is 40.2 Å². The van der Waals surface area contributed by atoms with Crippen LogP contribution in [0.2, 0.25) is 5.02 Å². The Hall–Kier alpha value is -2.86. The van der Waals surface area contributed by atoms with Crippen molar-refractivity contribution in [3.05, 3.63) is 56.1 Å². The van der Waals surface area contributed by atoms with Gasteiger partial charge >= 0.3 is 5.97 Å². The summed E-state index contributed by atoms with van der Waals surface area (Å²) >= 11 is 7.96. The molecule has 2 N–H and O–H groups in total. The van der Waals surface area contributed by atoms with Gasteiger partial charge in [-0.1, -0.05) is 25.4 Å². The summed E-state index contributed by atoms with van der Waals surface area (Å²) in [4.78, 5) is 37.1. The Morgan fingerprint density at radius 1 is 1.08 bits per heavy atom. The number of esters is 1. The largest absolute Gasteiger partial charge is 0.490 e. The predicted octanol–water partition coefficient (Wildman–Crippen LogP) is 4.58. The smallest absolute Gasteiger partial charge is 0.344 e. The molecule has 0 saturated heterocycles. The summed E-state index contributed by atoms with van der Waals surface area (Å²) in [7, 11) is 0. The van der Waals surface area contributed by atoms with Crippen molar-refractivity contribution in [2.75, 3.05) is 19.8 Å². The number of carbonyl (C=O) groups is 3. The number of nitrogens with zero attached hydrogens (tertiary/aromatic N) is 1. The molecule has 37 heavy (non-hydrogen) atoms. The number of hydrogen-bond donors (Lipinski definition) is 2. The van der Waals surface area contributed by atoms with Gasteiger partial charge in [-0.05, 0) is 90.7 Å². The van der Waals surface area contributed by atoms with Crippen molar-refractivity contribution in [1.29, 1.82) is 0 Å². The number of carbonyl (C=O) groups excluding carboxylic acids is 3. The Balaban J connectivity index is 2.11. The van der Waals surface area contributed by atoms with Crippen LogP contribution in [0.3, 0.4) is 0 Å². The number of nitrogens with one attached hydrogen (secondary N) is 2. The number of halogens is 2. The van der Waals surface area contributed by atoms with Gasteiger partial charge in [-0.15, -0.1) is 0 Å². The second-order valence-corrected chi connectivity index (χ2v) is 9.85. The van der Waals surface area contributed by atoms with Gasteiger partial charge in [0.25, 0.3) is 11.8 Å². The molecular formula is C26H31ClIN3O6. The van der Waals surface area contributed by atoms with Crippen molar-refractivity contribution in [3.63, 3.8) is 0 Å². The third-order valence-electron chi connectivity index (χ3n) is 4.80. The molecule has 0 aliphatic heterocycles. The molecular weight excluding hydrogens is 613 g/mol. The van der Waals surface area contributed by atoms with Crippen molar-refractivity contribution in [1.82, 2.24) is 10.7 Å². The Labute approximate surface area is 235 Å². The lowest BCUT2D eigenvalue weighted by Crippen LogP contribution is -2.46. The van der Waals surface area contributed by atoms with Crippen LogP contribution >= 0.6 is 34.2 Å². The molecule has 11 heteroatoms. The highest BCUT2D eigenvalue weighted by molar-refractivity contribution is 14.1. The van der Waals surface area contributed by atoms with Crippen LogP contribution in [0.1, 0.15) is 50.0 Å². The zero-order valence-corrected chi connectivity index (χ0v) is 24.1. The fourth-order valence-corrected chi connectivity index (χ4v) is 4.10. The first-order valence-corrected chi connectivity index (χ1v) is 13.2. The Morgan fingerprint density at radius 3 is 2.41 bits per heavy atom. The van der Waals surface area contributed by atoms with Crippen LogP contribution < -0.4 is 20.2 Å². The minimum Gasteiger partial charge on any atom is -0.490 e. The fraction of sp³-hybridized carbons (Fsp3) is 0.385. The third kappa shape index (κ3) is 10.2. The first-order chi connectivity index (χ1) is 17.6. The number of hydrogen-bond acceptors (Lipinski definition) is 7. The van der Waals surface area contributed by atoms with Crippen LogP contribution in [0, 0.1) is 9.49 Å². The fourth-order valence-electron chi connectivity index (χ4n) is 3.19. The number of amides is 2. The topological polar surface area (TPSA) is 115 Å². The zero-order valence-electron chi connectivity index (χ0n) is 21.2. The molecule has 0 bridgehead atoms. The highest BCUT2D eigenvalue weighted by Crippen LogP contribution is 2.34. The molecule has 2 rings (SSSR count). The quantitative estimate of drug-likeness (QED) is 0.143. The Kier molecular flexibility index (Phi) is 12.6. The minimum absolute atomic E-state index is 0.155. The van der Waals surface area contributed by atoms with Gasteiger partial charge < -0.3 is 19.5 Å². The molecule has 1 unspecified atom stereocenters. The molecule has 0 heterocycles. The Morgan fingerprint density at radius 2 is 1.78 bits per heavy atom. The maximum Gasteiger partial charge on any atom is 0.344 e. The number of ether oxygens (including phenoxy) is 3. The third-order valence-corrected chi connectivity index (χ3v) is 5.85. The molecule has 0 radical (unpaired) electrons. The summed E-state index contributed by atoms with van der Waals surface area (Å²) in [6, 6.07) is 9.10. The first kappa shape index (κ1) is 30.4. The van der Waals surface area contributed by atoms with Crippen LogP contribution in [-0.4, -0.2) is 49.9 Å². The Bertz CT molecular complexity index is 1110. The molecule has 0 aliphatic carbocycles. The maximum absolute atomic E-state index is 12.8. The van der Waals surface area contributed by atoms with Crippen LogP contribution in [0.4, 0.5) is 0 Å². The minimum atomic E-state index is -0.780. The highest BCUT2D eigenvalue weighted by Gasteiger charge is 2.22. The number of rotatable bonds is 13. The molecule has 2 aromatic carbocycles. The van der Waals surface area contributed by atoms with Gasteiger partial charge in [0.1, 0.15) is 6.04 Å². The maximum atomic E-state index is 12.8. The summed E-state index contributed by atoms with van der Waals surface area (Å²) in [5, 5.41) is 7.35. The lowest BCUT2D eigenvalue weighted by molar-refractivity contribution is -0.145. The highest BCUT2D eigenvalue weighted by atomic mass is 127. The van der Waals surface area contributed by atoms with E-state index in [0.717, 1.165) is 0 Å². The molecule has 0 spiro atoms. The molecule has 0 aliphatic rings. The molecule has 0 aromatic heterocycles. The summed E-state index contributed by atoms with van der Waals surface area (Å²) in [5.74, 6) is -0.300. The summed E-state index contributed by atoms with van der Waals surface area (Å²) in [6.07, 6.45) is 1.89. The van der Waals surface area contributed by atoms with Crippen LogP contribution in [0.5, 0.6) is 11.5 Å². The molecule has 2 aromatic rings. The molecule has 1 atom stereocenters. The van der Waals surface area contributed by atoms with Crippen molar-refractivity contribution in [2.24, 2.45) is 11.0 Å². The second-order valence-electron chi connectivity index (χ2n) is 8.25. The van der Waals surface area contributed by atoms with E-state index in [-0.39, 0.29) is 25.0 Å². The van der Waals surface area contributed by atoms with E-state index >= 15 is 0 Å². The van der Waals surface area contributed by atoms with E-state index in [1.807, 2.05) is 20.8 Å². The number of hydrazone groups is 1. The zero-order chi connectivity index (χ0) is 27.4. The van der Waals surface area contributed by atoms with Gasteiger partial charge in [-0.2, -0.15) is 5.10 Å². The molecule has 200 valence electrons. The van der Waals surface area contributed by atoms with Gasteiger partial charge in [0.2, 0.25) is 0 Å². The van der Waals surface area contributed by atoms with Crippen molar-refractivity contribution < 1.29 is 28.6 Å². The van der Waals surface area contributed by atoms with Gasteiger partial charge in [-0.25, -0.2) is 10.2 Å². The van der Waals surface area contributed by atoms with Crippen molar-refractivity contribution in [3.8, 4) is 11.5 Å². The SMILES string of the molecule is CCOC(=O)COc1c(I)cc(/C=N/NC(=O)C(CC(C)C)NC(=O)c2ccc(Cl)cc2)cc1OCC. The van der Waals surface area contributed by atoms with E-state index in [1.165, 1.54) is 6.21 Å². The van der Waals surface area contributed by atoms with Crippen LogP contribution in [-0.2, 0) is 14.3 Å². The van der Waals surface area contributed by atoms with Crippen LogP contribution in [0.15, 0.2) is 41.5 Å². The second kappa shape index (κ2) is 15.4. The molecule has 0 saturated carbocycles. The van der Waals surface area contributed by atoms with E-state index in [9.17, 15) is 14.4 Å². The lowest BCUT2D eigenvalue weighted by Gasteiger charge is -2.19. The summed E-state index contributed by atoms with van der Waals surface area (Å²) < 4.78 is 16.9. The monoisotopic (exact) mass is 643 g/mol. The molecule has 9 nitrogen and oxygen atoms in total. The van der Waals surface area contributed by atoms with E-state index in [2.05, 4.69) is 38.4 Å². The van der Waals surface area contributed by atoms with Gasteiger partial charge in [0.05, 0.1) is 23.0 Å². The average molecular weight is 644 g/mol. The molecule has 2 amide bonds. The summed E-state index contributed by atoms with van der Waals surface area (Å²) in [6.45, 7) is 7.87. The average Bonchev–Trinajstić information content (AvgIpc) is 2.83. The van der Waals surface area contributed by atoms with E-state index < -0.39 is 17.9 Å². The lowest BCUT2D eigenvalue weighted by atomic mass is 10.0. The van der Waals surface area contributed by atoms with E-state index in [1.54, 1.807) is 43.3 Å². The van der Waals surface area contributed by atoms with Crippen molar-refractivity contribution >= 4 is 58.2 Å².